The number of fused-ring (bicyclic) bond motifs is 14. The predicted molar refractivity (Wildman–Crippen MR) is 252 cm³/mol. The Kier molecular flexibility index (Phi) is 11.3. The molecule has 24 heteroatoms. The smallest absolute Gasteiger partial charge is 0.200 e. The Morgan fingerprint density at radius 3 is 1.01 bits per heavy atom. The third-order valence-corrected chi connectivity index (χ3v) is 14.6. The van der Waals surface area contributed by atoms with Crippen LogP contribution in [0.2, 0.25) is 0 Å². The SMILES string of the molecule is CC1(C)O[C@H]2[C@@H](O1)[C@@H](c1c3nc(c(-c4c(F)c(F)c(F)c(F)c4F)c4ccc([nH]4)c([C@H]4O[C@@H]5OC(C)(C)O[C@@H]5[C@H]5OC(C)(C)O[C@H]54)c4ccc([nH]4)c(-c4c(F)c(F)c(F)c(F)c4F)c4nc1C=C4)C=C3)O[C@@H]1OC(C)(C)O[C@@H]12. The van der Waals surface area contributed by atoms with Crippen LogP contribution in [-0.2, 0) is 47.4 Å². The molecule has 8 aliphatic rings. The Balaban J connectivity index is 1.17. The minimum atomic E-state index is -2.42. The van der Waals surface area contributed by atoms with Crippen LogP contribution in [0.5, 0.6) is 0 Å². The van der Waals surface area contributed by atoms with E-state index in [1.54, 1.807) is 55.4 Å². The molecular formula is C54H44F10N4O10. The first kappa shape index (κ1) is 51.4. The Labute approximate surface area is 435 Å². The van der Waals surface area contributed by atoms with Gasteiger partial charge in [-0.15, -0.1) is 0 Å². The fraction of sp³-hybridized carbons (Fsp3) is 0.407. The molecule has 5 aromatic rings. The molecule has 14 nitrogen and oxygen atoms in total. The molecule has 8 aliphatic heterocycles. The average molecular weight is 1100 g/mol. The van der Waals surface area contributed by atoms with Crippen LogP contribution in [-0.4, -0.2) is 92.3 Å². The van der Waals surface area contributed by atoms with E-state index >= 15 is 35.1 Å². The molecule has 13 rings (SSSR count). The molecule has 3 aromatic heterocycles. The summed E-state index contributed by atoms with van der Waals surface area (Å²) >= 11 is 0. The summed E-state index contributed by atoms with van der Waals surface area (Å²) < 4.78 is 221. The van der Waals surface area contributed by atoms with E-state index in [0.29, 0.717) is 0 Å². The summed E-state index contributed by atoms with van der Waals surface area (Å²) in [4.78, 5) is 15.7. The molecule has 0 spiro atoms. The van der Waals surface area contributed by atoms with Crippen molar-refractivity contribution < 1.29 is 91.3 Å². The Hall–Kier alpha value is -6.06. The van der Waals surface area contributed by atoms with Crippen molar-refractivity contribution in [2.45, 2.75) is 140 Å². The third-order valence-electron chi connectivity index (χ3n) is 14.6. The van der Waals surface area contributed by atoms with Crippen molar-refractivity contribution in [1.29, 1.82) is 0 Å². The minimum Gasteiger partial charge on any atom is -0.355 e. The number of benzene rings is 2. The number of halogens is 10. The monoisotopic (exact) mass is 1100 g/mol. The number of hydrogen-bond donors (Lipinski definition) is 2. The number of aromatic amines is 2. The van der Waals surface area contributed by atoms with Crippen LogP contribution in [0, 0.1) is 58.2 Å². The molecule has 11 heterocycles. The second-order valence-corrected chi connectivity index (χ2v) is 21.6. The van der Waals surface area contributed by atoms with E-state index in [2.05, 4.69) is 9.97 Å². The van der Waals surface area contributed by atoms with Gasteiger partial charge in [0.05, 0.1) is 33.9 Å². The maximum Gasteiger partial charge on any atom is 0.200 e. The van der Waals surface area contributed by atoms with Crippen molar-refractivity contribution in [2.75, 3.05) is 0 Å². The van der Waals surface area contributed by atoms with Crippen molar-refractivity contribution in [2.24, 2.45) is 0 Å². The molecule has 0 aliphatic carbocycles. The molecular weight excluding hydrogens is 1050 g/mol. The van der Waals surface area contributed by atoms with Crippen LogP contribution < -0.4 is 0 Å². The molecule has 0 saturated carbocycles. The molecule has 2 N–H and O–H groups in total. The van der Waals surface area contributed by atoms with E-state index in [-0.39, 0.29) is 56.0 Å². The van der Waals surface area contributed by atoms with Crippen molar-refractivity contribution >= 4 is 46.4 Å². The number of nitrogens with one attached hydrogen (secondary N) is 2. The van der Waals surface area contributed by atoms with Crippen LogP contribution in [0.25, 0.3) is 68.6 Å². The Morgan fingerprint density at radius 2 is 0.628 bits per heavy atom. The van der Waals surface area contributed by atoms with Gasteiger partial charge in [-0.1, -0.05) is 0 Å². The van der Waals surface area contributed by atoms with Gasteiger partial charge in [0, 0.05) is 44.3 Å². The number of H-pyrrole nitrogens is 2. The molecule has 0 radical (unpaired) electrons. The minimum absolute atomic E-state index is 0.00462. The normalized spacial score (nSPS) is 29.7. The zero-order valence-corrected chi connectivity index (χ0v) is 42.1. The highest BCUT2D eigenvalue weighted by Gasteiger charge is 2.63. The van der Waals surface area contributed by atoms with Gasteiger partial charge < -0.3 is 57.3 Å². The van der Waals surface area contributed by atoms with Gasteiger partial charge in [-0.05, 0) is 104 Å². The number of aromatic nitrogens is 4. The standard InChI is InChI=1S/C54H44F10N4O10/c1-51(2)71-43-41(69-49-47(45(43)73-51)75-53(5,6)77-49)27-21-13-9-17(65-21)25(29-31(55)35(59)39(63)36(60)32(29)56)19-11-15-23(67-19)28(42-44-46(74-52(3,4)72-44)48-50(70-42)78-54(7,8)76-48)24-16-12-20(68-24)26(18-10-14-22(27)66-18)30-33(57)37(61)40(64)38(62)34(30)58/h9-16,41-50,65-66H,1-8H3/t41-,42-,43+,44+,45+,46+,47-,48-,49-,50-/m1/s1. The van der Waals surface area contributed by atoms with Crippen molar-refractivity contribution in [1.82, 2.24) is 19.9 Å². The number of rotatable bonds is 4. The Morgan fingerprint density at radius 1 is 0.333 bits per heavy atom. The summed E-state index contributed by atoms with van der Waals surface area (Å²) in [5.41, 5.74) is -5.55. The molecule has 410 valence electrons. The largest absolute Gasteiger partial charge is 0.355 e. The second-order valence-electron chi connectivity index (χ2n) is 21.6. The maximum absolute atomic E-state index is 16.5. The zero-order valence-electron chi connectivity index (χ0n) is 42.1. The number of hydrogen-bond acceptors (Lipinski definition) is 12. The summed E-state index contributed by atoms with van der Waals surface area (Å²) in [6.45, 7) is 13.0. The van der Waals surface area contributed by atoms with Crippen LogP contribution in [0.15, 0.2) is 24.3 Å². The van der Waals surface area contributed by atoms with E-state index in [1.165, 1.54) is 48.6 Å². The van der Waals surface area contributed by atoms with Gasteiger partial charge >= 0.3 is 0 Å². The highest BCUT2D eigenvalue weighted by molar-refractivity contribution is 5.95. The van der Waals surface area contributed by atoms with Gasteiger partial charge in [0.2, 0.25) is 11.6 Å². The van der Waals surface area contributed by atoms with E-state index < -0.39 is 165 Å². The van der Waals surface area contributed by atoms with Gasteiger partial charge in [0.15, 0.2) is 82.3 Å². The van der Waals surface area contributed by atoms with E-state index in [0.717, 1.165) is 0 Å². The van der Waals surface area contributed by atoms with E-state index in [4.69, 9.17) is 57.3 Å². The molecule has 0 amide bonds. The quantitative estimate of drug-likeness (QED) is 0.0981. The molecule has 6 fully saturated rings. The predicted octanol–water partition coefficient (Wildman–Crippen LogP) is 11.5. The van der Waals surface area contributed by atoms with E-state index in [9.17, 15) is 8.78 Å². The second kappa shape index (κ2) is 17.2. The molecule has 2 aromatic carbocycles. The average Bonchev–Trinajstić information content (AvgIpc) is 4.08. The first-order chi connectivity index (χ1) is 36.7. The first-order valence-electron chi connectivity index (χ1n) is 24.6. The van der Waals surface area contributed by atoms with E-state index in [1.807, 2.05) is 0 Å². The molecule has 8 bridgehead atoms. The zero-order chi connectivity index (χ0) is 55.2. The van der Waals surface area contributed by atoms with Gasteiger partial charge in [-0.25, -0.2) is 53.9 Å². The van der Waals surface area contributed by atoms with Gasteiger partial charge in [0.1, 0.15) is 48.8 Å². The first-order valence-corrected chi connectivity index (χ1v) is 24.6. The summed E-state index contributed by atoms with van der Waals surface area (Å²) in [5, 5.41) is 0. The lowest BCUT2D eigenvalue weighted by Crippen LogP contribution is -2.51. The van der Waals surface area contributed by atoms with Crippen molar-refractivity contribution in [3.05, 3.63) is 116 Å². The number of nitrogens with zero attached hydrogens (tertiary/aromatic N) is 2. The fourth-order valence-corrected chi connectivity index (χ4v) is 11.7. The van der Waals surface area contributed by atoms with Crippen molar-refractivity contribution in [3.63, 3.8) is 0 Å². The van der Waals surface area contributed by atoms with Gasteiger partial charge in [-0.3, -0.25) is 0 Å². The Bertz CT molecular complexity index is 3470. The highest BCUT2D eigenvalue weighted by atomic mass is 19.2. The van der Waals surface area contributed by atoms with Crippen LogP contribution in [0.4, 0.5) is 43.9 Å². The molecule has 0 unspecified atom stereocenters. The van der Waals surface area contributed by atoms with Gasteiger partial charge in [0.25, 0.3) is 0 Å². The van der Waals surface area contributed by atoms with Crippen LogP contribution >= 0.6 is 0 Å². The summed E-state index contributed by atoms with van der Waals surface area (Å²) in [6.07, 6.45) is -5.80. The maximum atomic E-state index is 16.5. The summed E-state index contributed by atoms with van der Waals surface area (Å²) in [5.74, 6) is -27.8. The lowest BCUT2D eigenvalue weighted by Gasteiger charge is -2.37. The summed E-state index contributed by atoms with van der Waals surface area (Å²) in [7, 11) is 0. The third kappa shape index (κ3) is 7.84. The van der Waals surface area contributed by atoms with Gasteiger partial charge in [-0.2, -0.15) is 0 Å². The number of ether oxygens (including phenoxy) is 10. The summed E-state index contributed by atoms with van der Waals surface area (Å²) in [6, 6.07) is 5.32. The molecule has 6 saturated heterocycles. The van der Waals surface area contributed by atoms with Crippen LogP contribution in [0.1, 0.15) is 102 Å². The molecule has 78 heavy (non-hydrogen) atoms. The highest BCUT2D eigenvalue weighted by Crippen LogP contribution is 2.53. The topological polar surface area (TPSA) is 150 Å². The lowest BCUT2D eigenvalue weighted by atomic mass is 9.92. The van der Waals surface area contributed by atoms with Crippen LogP contribution in [0.3, 0.4) is 0 Å². The fourth-order valence-electron chi connectivity index (χ4n) is 11.7. The molecule has 10 atom stereocenters. The van der Waals surface area contributed by atoms with Crippen molar-refractivity contribution in [3.8, 4) is 22.3 Å². The lowest BCUT2D eigenvalue weighted by molar-refractivity contribution is -0.236.